The first kappa shape index (κ1) is 14.4. The van der Waals surface area contributed by atoms with E-state index in [1.807, 2.05) is 0 Å². The quantitative estimate of drug-likeness (QED) is 0.850. The molecule has 19 heavy (non-hydrogen) atoms. The minimum absolute atomic E-state index is 0.0952. The normalized spacial score (nSPS) is 27.8. The van der Waals surface area contributed by atoms with Crippen LogP contribution in [0.3, 0.4) is 0 Å². The van der Waals surface area contributed by atoms with Crippen molar-refractivity contribution in [3.05, 3.63) is 34.9 Å². The van der Waals surface area contributed by atoms with Gasteiger partial charge in [0.05, 0.1) is 0 Å². The van der Waals surface area contributed by atoms with Crippen LogP contribution in [-0.2, 0) is 5.54 Å². The molecule has 0 spiro atoms. The fraction of sp³-hybridized carbons (Fsp3) is 0.625. The van der Waals surface area contributed by atoms with E-state index in [4.69, 9.17) is 5.73 Å². The van der Waals surface area contributed by atoms with E-state index in [0.29, 0.717) is 30.2 Å². The SMILES string of the molecule is Cc1ccc(F)c(C2(N)CCCC(C(C)C)C2)c1F. The molecule has 0 radical (unpaired) electrons. The summed E-state index contributed by atoms with van der Waals surface area (Å²) in [7, 11) is 0. The number of aryl methyl sites for hydroxylation is 1. The lowest BCUT2D eigenvalue weighted by atomic mass is 9.69. The largest absolute Gasteiger partial charge is 0.321 e. The van der Waals surface area contributed by atoms with Crippen molar-refractivity contribution in [2.45, 2.75) is 52.0 Å². The van der Waals surface area contributed by atoms with Crippen molar-refractivity contribution in [2.24, 2.45) is 17.6 Å². The fourth-order valence-corrected chi connectivity index (χ4v) is 3.26. The third kappa shape index (κ3) is 2.66. The van der Waals surface area contributed by atoms with E-state index in [2.05, 4.69) is 13.8 Å². The molecule has 2 rings (SSSR count). The smallest absolute Gasteiger partial charge is 0.134 e. The van der Waals surface area contributed by atoms with Crippen molar-refractivity contribution in [1.29, 1.82) is 0 Å². The summed E-state index contributed by atoms with van der Waals surface area (Å²) in [6, 6.07) is 2.81. The van der Waals surface area contributed by atoms with Gasteiger partial charge in [0, 0.05) is 11.1 Å². The van der Waals surface area contributed by atoms with E-state index >= 15 is 0 Å². The Morgan fingerprint density at radius 1 is 1.32 bits per heavy atom. The van der Waals surface area contributed by atoms with Crippen molar-refractivity contribution in [2.75, 3.05) is 0 Å². The number of benzene rings is 1. The van der Waals surface area contributed by atoms with Crippen LogP contribution in [-0.4, -0.2) is 0 Å². The van der Waals surface area contributed by atoms with Crippen LogP contribution in [0.2, 0.25) is 0 Å². The Kier molecular flexibility index (Phi) is 3.95. The predicted octanol–water partition coefficient (Wildman–Crippen LogP) is 4.27. The molecule has 0 aliphatic heterocycles. The van der Waals surface area contributed by atoms with Crippen molar-refractivity contribution in [1.82, 2.24) is 0 Å². The van der Waals surface area contributed by atoms with Crippen molar-refractivity contribution in [3.63, 3.8) is 0 Å². The molecule has 1 aromatic rings. The maximum Gasteiger partial charge on any atom is 0.134 e. The highest BCUT2D eigenvalue weighted by molar-refractivity contribution is 5.33. The molecule has 1 fully saturated rings. The Balaban J connectivity index is 2.42. The molecule has 2 atom stereocenters. The van der Waals surface area contributed by atoms with Crippen LogP contribution in [0.25, 0.3) is 0 Å². The van der Waals surface area contributed by atoms with Gasteiger partial charge in [-0.25, -0.2) is 8.78 Å². The number of halogens is 2. The lowest BCUT2D eigenvalue weighted by Gasteiger charge is -2.40. The molecule has 2 unspecified atom stereocenters. The van der Waals surface area contributed by atoms with Crippen LogP contribution >= 0.6 is 0 Å². The van der Waals surface area contributed by atoms with Gasteiger partial charge in [0.2, 0.25) is 0 Å². The summed E-state index contributed by atoms with van der Waals surface area (Å²) >= 11 is 0. The van der Waals surface area contributed by atoms with Gasteiger partial charge in [0.15, 0.2) is 0 Å². The molecular weight excluding hydrogens is 244 g/mol. The maximum atomic E-state index is 14.3. The van der Waals surface area contributed by atoms with E-state index in [1.54, 1.807) is 6.92 Å². The highest BCUT2D eigenvalue weighted by atomic mass is 19.1. The molecule has 3 heteroatoms. The van der Waals surface area contributed by atoms with Crippen LogP contribution < -0.4 is 5.73 Å². The average molecular weight is 267 g/mol. The maximum absolute atomic E-state index is 14.3. The average Bonchev–Trinajstić information content (AvgIpc) is 2.34. The molecule has 0 heterocycles. The summed E-state index contributed by atoms with van der Waals surface area (Å²) in [4.78, 5) is 0. The van der Waals surface area contributed by atoms with Gasteiger partial charge in [0.25, 0.3) is 0 Å². The monoisotopic (exact) mass is 267 g/mol. The molecule has 0 bridgehead atoms. The van der Waals surface area contributed by atoms with E-state index in [9.17, 15) is 8.78 Å². The first-order chi connectivity index (χ1) is 8.85. The van der Waals surface area contributed by atoms with Gasteiger partial charge in [-0.3, -0.25) is 0 Å². The zero-order valence-corrected chi connectivity index (χ0v) is 12.0. The van der Waals surface area contributed by atoms with Crippen molar-refractivity contribution >= 4 is 0 Å². The number of nitrogens with two attached hydrogens (primary N) is 1. The molecule has 0 amide bonds. The van der Waals surface area contributed by atoms with E-state index in [-0.39, 0.29) is 5.56 Å². The molecule has 0 aromatic heterocycles. The minimum Gasteiger partial charge on any atom is -0.321 e. The molecule has 1 nitrogen and oxygen atoms in total. The van der Waals surface area contributed by atoms with Gasteiger partial charge in [0.1, 0.15) is 11.6 Å². The molecule has 1 aliphatic carbocycles. The summed E-state index contributed by atoms with van der Waals surface area (Å²) < 4.78 is 28.4. The van der Waals surface area contributed by atoms with Crippen LogP contribution in [0.5, 0.6) is 0 Å². The summed E-state index contributed by atoms with van der Waals surface area (Å²) in [5.41, 5.74) is 6.11. The zero-order chi connectivity index (χ0) is 14.2. The summed E-state index contributed by atoms with van der Waals surface area (Å²) in [6.45, 7) is 5.96. The first-order valence-corrected chi connectivity index (χ1v) is 7.09. The Bertz CT molecular complexity index is 470. The van der Waals surface area contributed by atoms with Crippen LogP contribution in [0.15, 0.2) is 12.1 Å². The van der Waals surface area contributed by atoms with E-state index < -0.39 is 17.2 Å². The second-order valence-electron chi connectivity index (χ2n) is 6.31. The highest BCUT2D eigenvalue weighted by Crippen LogP contribution is 2.42. The van der Waals surface area contributed by atoms with Crippen LogP contribution in [0.4, 0.5) is 8.78 Å². The van der Waals surface area contributed by atoms with E-state index in [0.717, 1.165) is 12.8 Å². The molecule has 1 saturated carbocycles. The van der Waals surface area contributed by atoms with Crippen LogP contribution in [0.1, 0.15) is 50.7 Å². The molecule has 0 saturated heterocycles. The Morgan fingerprint density at radius 3 is 2.63 bits per heavy atom. The summed E-state index contributed by atoms with van der Waals surface area (Å²) in [5, 5.41) is 0. The minimum atomic E-state index is -0.854. The van der Waals surface area contributed by atoms with Gasteiger partial charge in [-0.1, -0.05) is 32.8 Å². The van der Waals surface area contributed by atoms with Gasteiger partial charge in [-0.05, 0) is 43.2 Å². The number of rotatable bonds is 2. The highest BCUT2D eigenvalue weighted by Gasteiger charge is 2.39. The van der Waals surface area contributed by atoms with E-state index in [1.165, 1.54) is 12.1 Å². The van der Waals surface area contributed by atoms with Crippen molar-refractivity contribution in [3.8, 4) is 0 Å². The van der Waals surface area contributed by atoms with Gasteiger partial charge in [-0.15, -0.1) is 0 Å². The number of hydrogen-bond acceptors (Lipinski definition) is 1. The summed E-state index contributed by atoms with van der Waals surface area (Å²) in [6.07, 6.45) is 3.37. The third-order valence-electron chi connectivity index (χ3n) is 4.55. The number of hydrogen-bond donors (Lipinski definition) is 1. The standard InChI is InChI=1S/C16H23F2N/c1-10(2)12-5-4-8-16(19,9-12)14-13(17)7-6-11(3)15(14)18/h6-7,10,12H,4-5,8-9,19H2,1-3H3. The zero-order valence-electron chi connectivity index (χ0n) is 12.0. The lowest BCUT2D eigenvalue weighted by Crippen LogP contribution is -2.44. The lowest BCUT2D eigenvalue weighted by molar-refractivity contribution is 0.176. The van der Waals surface area contributed by atoms with Gasteiger partial charge >= 0.3 is 0 Å². The fourth-order valence-electron chi connectivity index (χ4n) is 3.26. The molecule has 106 valence electrons. The van der Waals surface area contributed by atoms with Crippen molar-refractivity contribution < 1.29 is 8.78 Å². The second-order valence-corrected chi connectivity index (χ2v) is 6.31. The molecule has 1 aliphatic rings. The second kappa shape index (κ2) is 5.20. The Hall–Kier alpha value is -0.960. The van der Waals surface area contributed by atoms with Crippen LogP contribution in [0, 0.1) is 30.4 Å². The molecular formula is C16H23F2N. The predicted molar refractivity (Wildman–Crippen MR) is 73.8 cm³/mol. The topological polar surface area (TPSA) is 26.0 Å². The van der Waals surface area contributed by atoms with Gasteiger partial charge < -0.3 is 5.73 Å². The molecule has 1 aromatic carbocycles. The Morgan fingerprint density at radius 2 is 2.00 bits per heavy atom. The third-order valence-corrected chi connectivity index (χ3v) is 4.55. The molecule has 2 N–H and O–H groups in total. The summed E-state index contributed by atoms with van der Waals surface area (Å²) in [5.74, 6) is -0.0286. The Labute approximate surface area is 114 Å². The first-order valence-electron chi connectivity index (χ1n) is 7.09. The van der Waals surface area contributed by atoms with Gasteiger partial charge in [-0.2, -0.15) is 0 Å².